The summed E-state index contributed by atoms with van der Waals surface area (Å²) in [5.41, 5.74) is 0. The monoisotopic (exact) mass is 313 g/mol. The molecule has 0 amide bonds. The molecular formula is C8H11NO6S3. The van der Waals surface area contributed by atoms with Crippen LogP contribution in [0.1, 0.15) is 10.9 Å². The summed E-state index contributed by atoms with van der Waals surface area (Å²) in [7, 11) is -7.98. The molecule has 18 heavy (non-hydrogen) atoms. The maximum absolute atomic E-state index is 11.5. The van der Waals surface area contributed by atoms with E-state index in [-0.39, 0.29) is 4.88 Å². The first-order valence-electron chi connectivity index (χ1n) is 4.55. The Kier molecular flexibility index (Phi) is 4.48. The topological polar surface area (TPSA) is 118 Å². The van der Waals surface area contributed by atoms with Crippen molar-refractivity contribution in [1.29, 1.82) is 0 Å². The Morgan fingerprint density at radius 3 is 2.44 bits per heavy atom. The molecule has 0 aromatic carbocycles. The van der Waals surface area contributed by atoms with E-state index in [0.717, 1.165) is 17.6 Å². The largest absolute Gasteiger partial charge is 0.480 e. The second kappa shape index (κ2) is 5.34. The Morgan fingerprint density at radius 2 is 2.06 bits per heavy atom. The lowest BCUT2D eigenvalue weighted by atomic mass is 10.3. The predicted octanol–water partition coefficient (Wildman–Crippen LogP) is -0.205. The molecule has 1 unspecified atom stereocenters. The number of sulfone groups is 1. The summed E-state index contributed by atoms with van der Waals surface area (Å²) in [6.07, 6.45) is 0.757. The average molecular weight is 313 g/mol. The molecule has 0 fully saturated rings. The summed E-state index contributed by atoms with van der Waals surface area (Å²) in [6, 6.07) is 1.55. The second-order valence-electron chi connectivity index (χ2n) is 3.56. The fraction of sp³-hybridized carbons (Fsp3) is 0.375. The van der Waals surface area contributed by atoms with E-state index < -0.39 is 37.0 Å². The molecule has 0 saturated carbocycles. The van der Waals surface area contributed by atoms with Gasteiger partial charge in [-0.2, -0.15) is 4.72 Å². The standard InChI is InChI=1S/C8H11NO6S3/c1-17(12,13)5-18(14,15)9-7(8(10)11)6-3-2-4-16-6/h2-4,7,9H,5H2,1H3,(H,10,11). The number of carbonyl (C=O) groups is 1. The first-order valence-corrected chi connectivity index (χ1v) is 9.14. The van der Waals surface area contributed by atoms with Gasteiger partial charge in [0.05, 0.1) is 0 Å². The van der Waals surface area contributed by atoms with Crippen molar-refractivity contribution in [3.05, 3.63) is 22.4 Å². The van der Waals surface area contributed by atoms with Crippen molar-refractivity contribution >= 4 is 37.2 Å². The van der Waals surface area contributed by atoms with Crippen LogP contribution in [0.2, 0.25) is 0 Å². The molecule has 1 heterocycles. The first-order chi connectivity index (χ1) is 8.11. The minimum Gasteiger partial charge on any atom is -0.480 e. The Bertz CT molecular complexity index is 616. The van der Waals surface area contributed by atoms with Crippen LogP contribution in [0.25, 0.3) is 0 Å². The van der Waals surface area contributed by atoms with Crippen molar-refractivity contribution in [2.45, 2.75) is 6.04 Å². The van der Waals surface area contributed by atoms with E-state index in [1.54, 1.807) is 11.4 Å². The lowest BCUT2D eigenvalue weighted by molar-refractivity contribution is -0.139. The molecule has 0 spiro atoms. The highest BCUT2D eigenvalue weighted by Gasteiger charge is 2.28. The van der Waals surface area contributed by atoms with Gasteiger partial charge in [0, 0.05) is 11.1 Å². The van der Waals surface area contributed by atoms with Gasteiger partial charge in [0.1, 0.15) is 0 Å². The van der Waals surface area contributed by atoms with Gasteiger partial charge < -0.3 is 5.11 Å². The van der Waals surface area contributed by atoms with Crippen LogP contribution in [0.4, 0.5) is 0 Å². The molecule has 1 atom stereocenters. The molecule has 0 bridgehead atoms. The summed E-state index contributed by atoms with van der Waals surface area (Å²) in [5, 5.41) is 9.39. The van der Waals surface area contributed by atoms with Gasteiger partial charge in [-0.05, 0) is 11.4 Å². The third-order valence-corrected chi connectivity index (χ3v) is 6.23. The second-order valence-corrected chi connectivity index (χ2v) is 8.80. The Hall–Kier alpha value is -0.970. The van der Waals surface area contributed by atoms with E-state index in [0.29, 0.717) is 0 Å². The van der Waals surface area contributed by atoms with Crippen LogP contribution in [0.15, 0.2) is 17.5 Å². The molecule has 102 valence electrons. The van der Waals surface area contributed by atoms with Crippen LogP contribution in [0, 0.1) is 0 Å². The molecule has 0 radical (unpaired) electrons. The summed E-state index contributed by atoms with van der Waals surface area (Å²) in [5.74, 6) is -1.39. The normalized spacial score (nSPS) is 14.3. The smallest absolute Gasteiger partial charge is 0.327 e. The molecule has 2 N–H and O–H groups in total. The quantitative estimate of drug-likeness (QED) is 0.750. The van der Waals surface area contributed by atoms with E-state index in [4.69, 9.17) is 5.11 Å². The van der Waals surface area contributed by atoms with Crippen LogP contribution in [0.5, 0.6) is 0 Å². The third-order valence-electron chi connectivity index (χ3n) is 1.74. The minimum atomic E-state index is -4.22. The molecule has 0 aliphatic heterocycles. The van der Waals surface area contributed by atoms with E-state index in [1.807, 2.05) is 4.72 Å². The number of aliphatic carboxylic acids is 1. The number of hydrogen-bond acceptors (Lipinski definition) is 6. The van der Waals surface area contributed by atoms with E-state index in [2.05, 4.69) is 0 Å². The van der Waals surface area contributed by atoms with Crippen LogP contribution < -0.4 is 4.72 Å². The zero-order chi connectivity index (χ0) is 14.0. The van der Waals surface area contributed by atoms with Gasteiger partial charge in [-0.1, -0.05) is 6.07 Å². The van der Waals surface area contributed by atoms with Gasteiger partial charge in [0.15, 0.2) is 21.0 Å². The molecule has 1 aromatic heterocycles. The van der Waals surface area contributed by atoms with E-state index >= 15 is 0 Å². The number of carboxylic acids is 1. The Balaban J connectivity index is 2.96. The van der Waals surface area contributed by atoms with Gasteiger partial charge in [-0.3, -0.25) is 4.79 Å². The van der Waals surface area contributed by atoms with Gasteiger partial charge in [0.2, 0.25) is 10.0 Å². The van der Waals surface area contributed by atoms with Crippen molar-refractivity contribution in [3.8, 4) is 0 Å². The molecule has 0 saturated heterocycles. The van der Waals surface area contributed by atoms with E-state index in [1.165, 1.54) is 6.07 Å². The van der Waals surface area contributed by atoms with Crippen molar-refractivity contribution in [2.75, 3.05) is 11.3 Å². The van der Waals surface area contributed by atoms with Gasteiger partial charge in [-0.25, -0.2) is 16.8 Å². The maximum Gasteiger partial charge on any atom is 0.327 e. The summed E-state index contributed by atoms with van der Waals surface area (Å²) >= 11 is 1.06. The SMILES string of the molecule is CS(=O)(=O)CS(=O)(=O)NC(C(=O)O)c1cccs1. The zero-order valence-electron chi connectivity index (χ0n) is 9.23. The van der Waals surface area contributed by atoms with E-state index in [9.17, 15) is 21.6 Å². The third kappa shape index (κ3) is 4.72. The number of sulfonamides is 1. The molecule has 0 aliphatic carbocycles. The summed E-state index contributed by atoms with van der Waals surface area (Å²) in [4.78, 5) is 11.2. The van der Waals surface area contributed by atoms with Gasteiger partial charge in [0.25, 0.3) is 0 Å². The molecular weight excluding hydrogens is 302 g/mol. The number of hydrogen-bond donors (Lipinski definition) is 2. The molecule has 1 aromatic rings. The Morgan fingerprint density at radius 1 is 1.44 bits per heavy atom. The lowest BCUT2D eigenvalue weighted by Gasteiger charge is -2.12. The number of carboxylic acid groups (broad SMARTS) is 1. The lowest BCUT2D eigenvalue weighted by Crippen LogP contribution is -2.36. The van der Waals surface area contributed by atoms with Crippen molar-refractivity contribution in [1.82, 2.24) is 4.72 Å². The van der Waals surface area contributed by atoms with Crippen LogP contribution >= 0.6 is 11.3 Å². The fourth-order valence-corrected chi connectivity index (χ4v) is 5.14. The summed E-state index contributed by atoms with van der Waals surface area (Å²) < 4.78 is 46.7. The number of rotatable bonds is 6. The van der Waals surface area contributed by atoms with Crippen LogP contribution in [-0.4, -0.2) is 39.3 Å². The Labute approximate surface area is 108 Å². The van der Waals surface area contributed by atoms with Crippen LogP contribution in [0.3, 0.4) is 0 Å². The van der Waals surface area contributed by atoms with Crippen molar-refractivity contribution in [3.63, 3.8) is 0 Å². The van der Waals surface area contributed by atoms with Crippen molar-refractivity contribution in [2.24, 2.45) is 0 Å². The first kappa shape index (κ1) is 15.1. The van der Waals surface area contributed by atoms with Crippen LogP contribution in [-0.2, 0) is 24.7 Å². The maximum atomic E-state index is 11.5. The summed E-state index contributed by atoms with van der Waals surface area (Å²) in [6.45, 7) is 0. The molecule has 0 aliphatic rings. The fourth-order valence-electron chi connectivity index (χ4n) is 1.18. The highest BCUT2D eigenvalue weighted by Crippen LogP contribution is 2.20. The highest BCUT2D eigenvalue weighted by atomic mass is 32.3. The molecule has 10 heteroatoms. The molecule has 1 rings (SSSR count). The zero-order valence-corrected chi connectivity index (χ0v) is 11.7. The van der Waals surface area contributed by atoms with Crippen molar-refractivity contribution < 1.29 is 26.7 Å². The number of nitrogens with one attached hydrogen (secondary N) is 1. The number of thiophene rings is 1. The minimum absolute atomic E-state index is 0.277. The average Bonchev–Trinajstić information content (AvgIpc) is 2.62. The predicted molar refractivity (Wildman–Crippen MR) is 66.5 cm³/mol. The molecule has 7 nitrogen and oxygen atoms in total. The highest BCUT2D eigenvalue weighted by molar-refractivity contribution is 8.06. The van der Waals surface area contributed by atoms with Gasteiger partial charge >= 0.3 is 5.97 Å². The van der Waals surface area contributed by atoms with Gasteiger partial charge in [-0.15, -0.1) is 11.3 Å².